The normalized spacial score (nSPS) is 10.8. The van der Waals surface area contributed by atoms with Crippen LogP contribution in [0.4, 0.5) is 11.4 Å². The Morgan fingerprint density at radius 2 is 1.83 bits per heavy atom. The standard InChI is InChI=1S/C25H16N4O6S/c30-19-13-15(8-9-17(19)24-27-18-6-1-2-7-21(18)35-24)26-25(36)28-23(31)22-11-10-20(34-22)14-4-3-5-16(12-14)29(32)33/h1-13,30H,(H2,26,28,31,36). The summed E-state index contributed by atoms with van der Waals surface area (Å²) in [4.78, 5) is 27.4. The Kier molecular flexibility index (Phi) is 5.88. The van der Waals surface area contributed by atoms with Gasteiger partial charge in [-0.05, 0) is 48.6 Å². The quantitative estimate of drug-likeness (QED) is 0.162. The number of hydrogen-bond donors (Lipinski definition) is 3. The molecule has 0 atom stereocenters. The van der Waals surface area contributed by atoms with Crippen molar-refractivity contribution in [1.82, 2.24) is 10.3 Å². The Balaban J connectivity index is 1.25. The van der Waals surface area contributed by atoms with E-state index in [0.29, 0.717) is 33.7 Å². The Bertz CT molecular complexity index is 1610. The Morgan fingerprint density at radius 3 is 2.61 bits per heavy atom. The summed E-state index contributed by atoms with van der Waals surface area (Å²) in [6.07, 6.45) is 0. The Labute approximate surface area is 208 Å². The molecule has 1 amide bonds. The highest BCUT2D eigenvalue weighted by Gasteiger charge is 2.17. The van der Waals surface area contributed by atoms with Crippen LogP contribution in [-0.2, 0) is 0 Å². The van der Waals surface area contributed by atoms with Gasteiger partial charge in [0.25, 0.3) is 11.6 Å². The van der Waals surface area contributed by atoms with Crippen LogP contribution in [0.1, 0.15) is 10.6 Å². The number of aromatic hydroxyl groups is 1. The molecule has 0 radical (unpaired) electrons. The number of anilines is 1. The monoisotopic (exact) mass is 500 g/mol. The molecule has 11 heteroatoms. The number of fused-ring (bicyclic) bond motifs is 1. The average Bonchev–Trinajstić information content (AvgIpc) is 3.52. The number of aromatic nitrogens is 1. The molecule has 178 valence electrons. The summed E-state index contributed by atoms with van der Waals surface area (Å²) >= 11 is 5.20. The molecule has 3 N–H and O–H groups in total. The molecule has 2 heterocycles. The van der Waals surface area contributed by atoms with E-state index in [1.165, 1.54) is 36.4 Å². The molecular formula is C25H16N4O6S. The van der Waals surface area contributed by atoms with Crippen molar-refractivity contribution in [2.75, 3.05) is 5.32 Å². The number of amides is 1. The SMILES string of the molecule is O=C(NC(=S)Nc1ccc(-c2nc3ccccc3o2)c(O)c1)c1ccc(-c2cccc([N+](=O)[O-])c2)o1. The third-order valence-electron chi connectivity index (χ3n) is 5.18. The van der Waals surface area contributed by atoms with Crippen molar-refractivity contribution in [1.29, 1.82) is 0 Å². The van der Waals surface area contributed by atoms with E-state index < -0.39 is 10.8 Å². The van der Waals surface area contributed by atoms with Crippen LogP contribution in [-0.4, -0.2) is 26.0 Å². The largest absolute Gasteiger partial charge is 0.507 e. The van der Waals surface area contributed by atoms with Crippen molar-refractivity contribution in [2.45, 2.75) is 0 Å². The minimum atomic E-state index is -0.614. The van der Waals surface area contributed by atoms with Crippen LogP contribution >= 0.6 is 12.2 Å². The fourth-order valence-electron chi connectivity index (χ4n) is 3.49. The van der Waals surface area contributed by atoms with E-state index in [9.17, 15) is 20.0 Å². The highest BCUT2D eigenvalue weighted by Crippen LogP contribution is 2.33. The molecule has 36 heavy (non-hydrogen) atoms. The summed E-state index contributed by atoms with van der Waals surface area (Å²) in [5, 5.41) is 26.7. The second-order valence-corrected chi connectivity index (χ2v) is 8.01. The maximum atomic E-state index is 12.5. The number of nitro groups is 1. The molecule has 2 aromatic heterocycles. The molecule has 0 aliphatic heterocycles. The predicted octanol–water partition coefficient (Wildman–Crippen LogP) is 5.50. The number of rotatable bonds is 5. The maximum absolute atomic E-state index is 12.5. The molecule has 0 saturated carbocycles. The molecule has 0 saturated heterocycles. The molecule has 10 nitrogen and oxygen atoms in total. The van der Waals surface area contributed by atoms with Crippen molar-refractivity contribution < 1.29 is 23.7 Å². The van der Waals surface area contributed by atoms with Gasteiger partial charge in [-0.25, -0.2) is 4.98 Å². The number of benzene rings is 3. The van der Waals surface area contributed by atoms with Gasteiger partial charge >= 0.3 is 0 Å². The fourth-order valence-corrected chi connectivity index (χ4v) is 3.70. The van der Waals surface area contributed by atoms with Crippen molar-refractivity contribution in [3.05, 3.63) is 94.7 Å². The first-order chi connectivity index (χ1) is 17.4. The number of oxazole rings is 1. The minimum Gasteiger partial charge on any atom is -0.507 e. The number of carbonyl (C=O) groups is 1. The van der Waals surface area contributed by atoms with E-state index in [1.807, 2.05) is 18.2 Å². The summed E-state index contributed by atoms with van der Waals surface area (Å²) in [5.74, 6) is -0.171. The Hall–Kier alpha value is -5.03. The smallest absolute Gasteiger partial charge is 0.293 e. The van der Waals surface area contributed by atoms with Gasteiger partial charge in [0.05, 0.1) is 10.5 Å². The number of furan rings is 1. The lowest BCUT2D eigenvalue weighted by Gasteiger charge is -2.10. The van der Waals surface area contributed by atoms with Gasteiger partial charge in [-0.3, -0.25) is 20.2 Å². The van der Waals surface area contributed by atoms with E-state index in [-0.39, 0.29) is 28.2 Å². The maximum Gasteiger partial charge on any atom is 0.293 e. The molecule has 5 rings (SSSR count). The summed E-state index contributed by atoms with van der Waals surface area (Å²) < 4.78 is 11.2. The highest BCUT2D eigenvalue weighted by atomic mass is 32.1. The van der Waals surface area contributed by atoms with Crippen LogP contribution in [0.5, 0.6) is 5.75 Å². The molecule has 0 spiro atoms. The lowest BCUT2D eigenvalue weighted by Crippen LogP contribution is -2.33. The van der Waals surface area contributed by atoms with Crippen molar-refractivity contribution >= 4 is 45.7 Å². The molecule has 0 aliphatic rings. The molecule has 3 aromatic carbocycles. The average molecular weight is 500 g/mol. The lowest BCUT2D eigenvalue weighted by molar-refractivity contribution is -0.384. The molecule has 0 unspecified atom stereocenters. The molecule has 0 aliphatic carbocycles. The second kappa shape index (κ2) is 9.31. The third-order valence-corrected chi connectivity index (χ3v) is 5.38. The Morgan fingerprint density at radius 1 is 1.00 bits per heavy atom. The first-order valence-corrected chi connectivity index (χ1v) is 10.9. The van der Waals surface area contributed by atoms with Gasteiger partial charge in [0.2, 0.25) is 5.89 Å². The summed E-state index contributed by atoms with van der Waals surface area (Å²) in [7, 11) is 0. The first-order valence-electron chi connectivity index (χ1n) is 10.5. The zero-order valence-corrected chi connectivity index (χ0v) is 19.1. The van der Waals surface area contributed by atoms with Gasteiger partial charge in [0, 0.05) is 29.4 Å². The summed E-state index contributed by atoms with van der Waals surface area (Å²) in [6.45, 7) is 0. The number of hydrogen-bond acceptors (Lipinski definition) is 8. The van der Waals surface area contributed by atoms with Crippen molar-refractivity contribution in [3.63, 3.8) is 0 Å². The molecular weight excluding hydrogens is 484 g/mol. The van der Waals surface area contributed by atoms with Gasteiger partial charge in [0.1, 0.15) is 17.0 Å². The third kappa shape index (κ3) is 4.63. The number of nitrogens with one attached hydrogen (secondary N) is 2. The van der Waals surface area contributed by atoms with Crippen molar-refractivity contribution in [3.8, 4) is 28.5 Å². The van der Waals surface area contributed by atoms with E-state index in [0.717, 1.165) is 0 Å². The molecule has 5 aromatic rings. The summed E-state index contributed by atoms with van der Waals surface area (Å²) in [6, 6.07) is 20.8. The van der Waals surface area contributed by atoms with Crippen LogP contribution in [0.15, 0.2) is 87.7 Å². The second-order valence-electron chi connectivity index (χ2n) is 7.60. The van der Waals surface area contributed by atoms with Crippen LogP contribution in [0.2, 0.25) is 0 Å². The number of nitrogens with zero attached hydrogens (tertiary/aromatic N) is 2. The zero-order valence-electron chi connectivity index (χ0n) is 18.3. The number of thiocarbonyl (C=S) groups is 1. The minimum absolute atomic E-state index is 0.0256. The zero-order chi connectivity index (χ0) is 25.2. The van der Waals surface area contributed by atoms with Crippen LogP contribution in [0.25, 0.3) is 33.9 Å². The van der Waals surface area contributed by atoms with Gasteiger partial charge < -0.3 is 19.3 Å². The van der Waals surface area contributed by atoms with Gasteiger partial charge in [0.15, 0.2) is 16.5 Å². The topological polar surface area (TPSA) is 144 Å². The number of nitro benzene ring substituents is 1. The van der Waals surface area contributed by atoms with Gasteiger partial charge in [-0.1, -0.05) is 24.3 Å². The number of carbonyl (C=O) groups excluding carboxylic acids is 1. The van der Waals surface area contributed by atoms with Crippen LogP contribution in [0.3, 0.4) is 0 Å². The number of phenolic OH excluding ortho intramolecular Hbond substituents is 1. The van der Waals surface area contributed by atoms with E-state index in [1.54, 1.807) is 24.3 Å². The van der Waals surface area contributed by atoms with Crippen LogP contribution in [0, 0.1) is 10.1 Å². The number of non-ortho nitro benzene ring substituents is 1. The molecule has 0 fully saturated rings. The van der Waals surface area contributed by atoms with Crippen molar-refractivity contribution in [2.24, 2.45) is 0 Å². The van der Waals surface area contributed by atoms with Gasteiger partial charge in [-0.15, -0.1) is 0 Å². The van der Waals surface area contributed by atoms with E-state index >= 15 is 0 Å². The van der Waals surface area contributed by atoms with E-state index in [2.05, 4.69) is 15.6 Å². The first kappa shape index (κ1) is 22.7. The predicted molar refractivity (Wildman–Crippen MR) is 136 cm³/mol. The van der Waals surface area contributed by atoms with E-state index in [4.69, 9.17) is 21.1 Å². The highest BCUT2D eigenvalue weighted by molar-refractivity contribution is 7.80. The fraction of sp³-hybridized carbons (Fsp3) is 0. The molecule has 0 bridgehead atoms. The lowest BCUT2D eigenvalue weighted by atomic mass is 10.1. The summed E-state index contributed by atoms with van der Waals surface area (Å²) in [5.41, 5.74) is 2.46. The number of para-hydroxylation sites is 2. The number of phenols is 1. The van der Waals surface area contributed by atoms with Gasteiger partial charge in [-0.2, -0.15) is 0 Å². The van der Waals surface area contributed by atoms with Crippen LogP contribution < -0.4 is 10.6 Å².